The number of hydrogen-bond acceptors (Lipinski definition) is 6. The highest BCUT2D eigenvalue weighted by atomic mass is 16.7. The Labute approximate surface area is 108 Å². The van der Waals surface area contributed by atoms with Crippen molar-refractivity contribution in [3.63, 3.8) is 0 Å². The van der Waals surface area contributed by atoms with Gasteiger partial charge in [0.2, 0.25) is 6.79 Å². The summed E-state index contributed by atoms with van der Waals surface area (Å²) >= 11 is 0. The topological polar surface area (TPSA) is 90.0 Å². The van der Waals surface area contributed by atoms with Crippen molar-refractivity contribution in [2.75, 3.05) is 6.79 Å². The maximum absolute atomic E-state index is 12.0. The standard InChI is InChI=1S/C12H8N4O3/c13-4-12-14-6-16(15-12)5-9(17)8-1-2-10-11(3-8)19-7-18-10/h1-3,6H,5,7H2. The zero-order chi connectivity index (χ0) is 13.2. The highest BCUT2D eigenvalue weighted by Gasteiger charge is 2.16. The summed E-state index contributed by atoms with van der Waals surface area (Å²) in [6.45, 7) is 0.190. The monoisotopic (exact) mass is 256 g/mol. The number of ether oxygens (including phenoxy) is 2. The molecule has 1 aliphatic heterocycles. The molecular weight excluding hydrogens is 248 g/mol. The van der Waals surface area contributed by atoms with Crippen molar-refractivity contribution in [3.8, 4) is 17.6 Å². The second kappa shape index (κ2) is 4.42. The molecule has 3 rings (SSSR count). The van der Waals surface area contributed by atoms with E-state index in [9.17, 15) is 4.79 Å². The van der Waals surface area contributed by atoms with E-state index in [2.05, 4.69) is 10.1 Å². The molecular formula is C12H8N4O3. The van der Waals surface area contributed by atoms with Gasteiger partial charge in [0.05, 0.1) is 0 Å². The highest BCUT2D eigenvalue weighted by molar-refractivity contribution is 5.96. The Balaban J connectivity index is 1.79. The van der Waals surface area contributed by atoms with Gasteiger partial charge in [-0.3, -0.25) is 4.79 Å². The lowest BCUT2D eigenvalue weighted by atomic mass is 10.1. The van der Waals surface area contributed by atoms with Crippen LogP contribution in [-0.4, -0.2) is 27.3 Å². The summed E-state index contributed by atoms with van der Waals surface area (Å²) in [5.74, 6) is 1.08. The highest BCUT2D eigenvalue weighted by Crippen LogP contribution is 2.32. The number of hydrogen-bond donors (Lipinski definition) is 0. The Morgan fingerprint density at radius 3 is 3.05 bits per heavy atom. The first kappa shape index (κ1) is 11.2. The van der Waals surface area contributed by atoms with Crippen LogP contribution in [0.15, 0.2) is 24.5 Å². The molecule has 1 aromatic carbocycles. The number of carbonyl (C=O) groups excluding carboxylic acids is 1. The quantitative estimate of drug-likeness (QED) is 0.753. The fourth-order valence-electron chi connectivity index (χ4n) is 1.73. The molecule has 0 amide bonds. The van der Waals surface area contributed by atoms with Gasteiger partial charge in [0.25, 0.3) is 5.82 Å². The van der Waals surface area contributed by atoms with Gasteiger partial charge < -0.3 is 9.47 Å². The van der Waals surface area contributed by atoms with Crippen LogP contribution >= 0.6 is 0 Å². The maximum Gasteiger partial charge on any atom is 0.252 e. The van der Waals surface area contributed by atoms with Gasteiger partial charge in [-0.2, -0.15) is 5.26 Å². The average molecular weight is 256 g/mol. The van der Waals surface area contributed by atoms with Gasteiger partial charge in [0.1, 0.15) is 18.9 Å². The van der Waals surface area contributed by atoms with Gasteiger partial charge in [0.15, 0.2) is 17.3 Å². The zero-order valence-corrected chi connectivity index (χ0v) is 9.74. The third kappa shape index (κ3) is 2.11. The van der Waals surface area contributed by atoms with Gasteiger partial charge in [-0.25, -0.2) is 9.67 Å². The summed E-state index contributed by atoms with van der Waals surface area (Å²) in [6.07, 6.45) is 1.35. The molecule has 0 atom stereocenters. The Morgan fingerprint density at radius 2 is 2.26 bits per heavy atom. The molecule has 0 spiro atoms. The smallest absolute Gasteiger partial charge is 0.252 e. The SMILES string of the molecule is N#Cc1ncn(CC(=O)c2ccc3c(c2)OCO3)n1. The van der Waals surface area contributed by atoms with Crippen molar-refractivity contribution >= 4 is 5.78 Å². The van der Waals surface area contributed by atoms with Crippen LogP contribution in [0.5, 0.6) is 11.5 Å². The number of ketones is 1. The van der Waals surface area contributed by atoms with E-state index in [1.807, 2.05) is 0 Å². The second-order valence-corrected chi connectivity index (χ2v) is 3.87. The Morgan fingerprint density at radius 1 is 1.42 bits per heavy atom. The number of carbonyl (C=O) groups is 1. The molecule has 2 heterocycles. The van der Waals surface area contributed by atoms with Crippen molar-refractivity contribution < 1.29 is 14.3 Å². The van der Waals surface area contributed by atoms with E-state index >= 15 is 0 Å². The van der Waals surface area contributed by atoms with Gasteiger partial charge in [-0.05, 0) is 18.2 Å². The predicted octanol–water partition coefficient (Wildman–Crippen LogP) is 0.761. The summed E-state index contributed by atoms with van der Waals surface area (Å²) in [5, 5.41) is 12.4. The van der Waals surface area contributed by atoms with Crippen LogP contribution in [0, 0.1) is 11.3 Å². The van der Waals surface area contributed by atoms with E-state index in [4.69, 9.17) is 14.7 Å². The second-order valence-electron chi connectivity index (χ2n) is 3.87. The number of nitriles is 1. The molecule has 19 heavy (non-hydrogen) atoms. The van der Waals surface area contributed by atoms with E-state index in [-0.39, 0.29) is 24.9 Å². The molecule has 0 fully saturated rings. The molecule has 94 valence electrons. The third-order valence-electron chi connectivity index (χ3n) is 2.64. The minimum absolute atomic E-state index is 0.0221. The number of fused-ring (bicyclic) bond motifs is 1. The van der Waals surface area contributed by atoms with Crippen molar-refractivity contribution in [2.45, 2.75) is 6.54 Å². The molecule has 0 radical (unpaired) electrons. The maximum atomic E-state index is 12.0. The number of aromatic nitrogens is 3. The Hall–Kier alpha value is -2.88. The number of nitrogens with zero attached hydrogens (tertiary/aromatic N) is 4. The average Bonchev–Trinajstić information content (AvgIpc) is 3.05. The van der Waals surface area contributed by atoms with Crippen molar-refractivity contribution in [1.29, 1.82) is 5.26 Å². The van der Waals surface area contributed by atoms with Crippen molar-refractivity contribution in [3.05, 3.63) is 35.9 Å². The lowest BCUT2D eigenvalue weighted by molar-refractivity contribution is 0.0967. The fourth-order valence-corrected chi connectivity index (χ4v) is 1.73. The number of benzene rings is 1. The minimum atomic E-state index is -0.146. The molecule has 0 N–H and O–H groups in total. The van der Waals surface area contributed by atoms with E-state index in [1.54, 1.807) is 24.3 Å². The summed E-state index contributed by atoms with van der Waals surface area (Å²) < 4.78 is 11.7. The van der Waals surface area contributed by atoms with Crippen LogP contribution in [0.2, 0.25) is 0 Å². The normalized spacial score (nSPS) is 12.2. The van der Waals surface area contributed by atoms with Crippen molar-refractivity contribution in [1.82, 2.24) is 14.8 Å². The molecule has 2 aromatic rings. The molecule has 0 aliphatic carbocycles. The van der Waals surface area contributed by atoms with Crippen molar-refractivity contribution in [2.24, 2.45) is 0 Å². The van der Waals surface area contributed by atoms with Crippen LogP contribution in [0.4, 0.5) is 0 Å². The van der Waals surface area contributed by atoms with E-state index < -0.39 is 0 Å². The van der Waals surface area contributed by atoms with E-state index in [1.165, 1.54) is 11.0 Å². The zero-order valence-electron chi connectivity index (χ0n) is 9.74. The molecule has 7 heteroatoms. The predicted molar refractivity (Wildman–Crippen MR) is 61.6 cm³/mol. The molecule has 1 aromatic heterocycles. The fraction of sp³-hybridized carbons (Fsp3) is 0.167. The van der Waals surface area contributed by atoms with Crippen LogP contribution < -0.4 is 9.47 Å². The molecule has 0 unspecified atom stereocenters. The first-order valence-corrected chi connectivity index (χ1v) is 5.48. The molecule has 0 saturated carbocycles. The Kier molecular flexibility index (Phi) is 2.61. The van der Waals surface area contributed by atoms with Gasteiger partial charge in [-0.1, -0.05) is 0 Å². The first-order valence-electron chi connectivity index (χ1n) is 5.48. The Bertz CT molecular complexity index is 687. The van der Waals surface area contributed by atoms with Gasteiger partial charge in [-0.15, -0.1) is 5.10 Å². The molecule has 0 saturated heterocycles. The van der Waals surface area contributed by atoms with E-state index in [0.29, 0.717) is 17.1 Å². The van der Waals surface area contributed by atoms with Crippen LogP contribution in [0.25, 0.3) is 0 Å². The number of rotatable bonds is 3. The minimum Gasteiger partial charge on any atom is -0.454 e. The lowest BCUT2D eigenvalue weighted by Gasteiger charge is -2.02. The van der Waals surface area contributed by atoms with Crippen LogP contribution in [0.1, 0.15) is 16.2 Å². The summed E-state index contributed by atoms with van der Waals surface area (Å²) in [7, 11) is 0. The van der Waals surface area contributed by atoms with E-state index in [0.717, 1.165) is 0 Å². The number of Topliss-reactive ketones (excluding diaryl/α,β-unsaturated/α-hetero) is 1. The molecule has 7 nitrogen and oxygen atoms in total. The summed E-state index contributed by atoms with van der Waals surface area (Å²) in [6, 6.07) is 6.79. The largest absolute Gasteiger partial charge is 0.454 e. The van der Waals surface area contributed by atoms with Gasteiger partial charge in [0, 0.05) is 5.56 Å². The molecule has 1 aliphatic rings. The van der Waals surface area contributed by atoms with Crippen LogP contribution in [-0.2, 0) is 6.54 Å². The molecule has 0 bridgehead atoms. The van der Waals surface area contributed by atoms with Gasteiger partial charge >= 0.3 is 0 Å². The summed E-state index contributed by atoms with van der Waals surface area (Å²) in [4.78, 5) is 15.8. The summed E-state index contributed by atoms with van der Waals surface area (Å²) in [5.41, 5.74) is 0.498. The first-order chi connectivity index (χ1) is 9.26. The lowest BCUT2D eigenvalue weighted by Crippen LogP contribution is -2.11. The third-order valence-corrected chi connectivity index (χ3v) is 2.64. The van der Waals surface area contributed by atoms with Crippen LogP contribution in [0.3, 0.4) is 0 Å².